The van der Waals surface area contributed by atoms with Crippen LogP contribution in [0, 0.1) is 0 Å². The van der Waals surface area contributed by atoms with E-state index >= 15 is 0 Å². The van der Waals surface area contributed by atoms with Crippen LogP contribution in [0.25, 0.3) is 0 Å². The summed E-state index contributed by atoms with van der Waals surface area (Å²) >= 11 is 0. The van der Waals surface area contributed by atoms with Gasteiger partial charge < -0.3 is 0 Å². The van der Waals surface area contributed by atoms with Crippen molar-refractivity contribution in [3.05, 3.63) is 0 Å². The fourth-order valence-corrected chi connectivity index (χ4v) is 8.54. The molecule has 0 rings (SSSR count). The SMILES string of the molecule is CCCCCCCCCCNC[N+](NCCC)(C(C)(CC)NC)C(CCCCCCCC)(CCCCCCCC)NCCCCCCCCCC. The Hall–Kier alpha value is -0.200. The summed E-state index contributed by atoms with van der Waals surface area (Å²) in [6.07, 6.45) is 43.1. The third kappa shape index (κ3) is 22.1. The lowest BCUT2D eigenvalue weighted by Gasteiger charge is -2.61. The smallest absolute Gasteiger partial charge is 0.173 e. The lowest BCUT2D eigenvalue weighted by Crippen LogP contribution is -2.87. The molecule has 0 fully saturated rings. The minimum Gasteiger partial charge on any atom is -0.269 e. The summed E-state index contributed by atoms with van der Waals surface area (Å²) in [4.78, 5) is 0. The van der Waals surface area contributed by atoms with E-state index in [1.54, 1.807) is 0 Å². The van der Waals surface area contributed by atoms with E-state index in [9.17, 15) is 0 Å². The standard InChI is InChI=1S/C46H100N5/c1-9-15-19-23-27-29-33-37-42-48-44-51(50-41-13-5,45(7,14-6)47-8)46(39-35-31-25-21-17-11-3,40-36-32-26-22-18-12-4)49-43-38-34-30-28-24-20-16-10-2/h47-50H,9-44H2,1-8H3/q+1. The predicted octanol–water partition coefficient (Wildman–Crippen LogP) is 13.7. The van der Waals surface area contributed by atoms with Crippen molar-refractivity contribution in [2.24, 2.45) is 0 Å². The summed E-state index contributed by atoms with van der Waals surface area (Å²) in [6.45, 7) is 20.9. The Balaban J connectivity index is 6.36. The molecule has 51 heavy (non-hydrogen) atoms. The van der Waals surface area contributed by atoms with Gasteiger partial charge in [-0.25, -0.2) is 0 Å². The van der Waals surface area contributed by atoms with Crippen LogP contribution in [0.4, 0.5) is 0 Å². The van der Waals surface area contributed by atoms with E-state index in [-0.39, 0.29) is 11.3 Å². The molecule has 308 valence electrons. The van der Waals surface area contributed by atoms with E-state index in [0.717, 1.165) is 43.7 Å². The van der Waals surface area contributed by atoms with Crippen molar-refractivity contribution in [2.75, 3.05) is 33.4 Å². The van der Waals surface area contributed by atoms with Crippen molar-refractivity contribution in [1.29, 1.82) is 0 Å². The van der Waals surface area contributed by atoms with Gasteiger partial charge in [-0.15, -0.1) is 0 Å². The molecular weight excluding hydrogens is 623 g/mol. The predicted molar refractivity (Wildman–Crippen MR) is 231 cm³/mol. The molecule has 0 aliphatic heterocycles. The Morgan fingerprint density at radius 1 is 0.412 bits per heavy atom. The average Bonchev–Trinajstić information content (AvgIpc) is 3.15. The van der Waals surface area contributed by atoms with Crippen LogP contribution < -0.4 is 21.4 Å². The van der Waals surface area contributed by atoms with Gasteiger partial charge in [0.2, 0.25) is 0 Å². The van der Waals surface area contributed by atoms with Crippen molar-refractivity contribution in [3.8, 4) is 0 Å². The van der Waals surface area contributed by atoms with E-state index in [2.05, 4.69) is 76.9 Å². The summed E-state index contributed by atoms with van der Waals surface area (Å²) in [6, 6.07) is 0. The third-order valence-electron chi connectivity index (χ3n) is 12.4. The maximum Gasteiger partial charge on any atom is 0.173 e. The number of nitrogens with one attached hydrogen (secondary N) is 4. The number of nitrogens with zero attached hydrogens (tertiary/aromatic N) is 1. The number of quaternary nitrogens is 1. The van der Waals surface area contributed by atoms with Crippen molar-refractivity contribution in [2.45, 2.75) is 265 Å². The third-order valence-corrected chi connectivity index (χ3v) is 12.4. The maximum atomic E-state index is 4.49. The highest BCUT2D eigenvalue weighted by Gasteiger charge is 2.59. The molecule has 0 saturated carbocycles. The van der Waals surface area contributed by atoms with Crippen LogP contribution in [0.3, 0.4) is 0 Å². The molecule has 0 aromatic heterocycles. The van der Waals surface area contributed by atoms with Crippen molar-refractivity contribution in [1.82, 2.24) is 21.4 Å². The van der Waals surface area contributed by atoms with Gasteiger partial charge in [-0.2, -0.15) is 10.0 Å². The maximum absolute atomic E-state index is 4.49. The largest absolute Gasteiger partial charge is 0.269 e. The summed E-state index contributed by atoms with van der Waals surface area (Å²) < 4.78 is 0.888. The number of hydrogen-bond donors (Lipinski definition) is 4. The molecule has 4 N–H and O–H groups in total. The summed E-state index contributed by atoms with van der Waals surface area (Å²) in [5.74, 6) is 0. The molecule has 5 nitrogen and oxygen atoms in total. The molecule has 0 radical (unpaired) electrons. The van der Waals surface area contributed by atoms with Crippen LogP contribution in [0.1, 0.15) is 254 Å². The molecule has 2 unspecified atom stereocenters. The molecule has 5 heteroatoms. The van der Waals surface area contributed by atoms with Gasteiger partial charge in [0.15, 0.2) is 18.0 Å². The number of rotatable bonds is 42. The highest BCUT2D eigenvalue weighted by molar-refractivity contribution is 4.86. The average molecular weight is 723 g/mol. The molecule has 0 aromatic rings. The zero-order valence-corrected chi connectivity index (χ0v) is 36.9. The first-order valence-corrected chi connectivity index (χ1v) is 23.7. The Labute approximate surface area is 323 Å². The lowest BCUT2D eigenvalue weighted by atomic mass is 9.87. The van der Waals surface area contributed by atoms with Gasteiger partial charge in [0.05, 0.1) is 0 Å². The van der Waals surface area contributed by atoms with Crippen LogP contribution in [0.15, 0.2) is 0 Å². The van der Waals surface area contributed by atoms with Crippen LogP contribution in [0.5, 0.6) is 0 Å². The van der Waals surface area contributed by atoms with E-state index < -0.39 is 0 Å². The fraction of sp³-hybridized carbons (Fsp3) is 1.00. The highest BCUT2D eigenvalue weighted by atomic mass is 15.8. The first-order chi connectivity index (χ1) is 24.9. The molecule has 2 atom stereocenters. The van der Waals surface area contributed by atoms with E-state index in [1.807, 2.05) is 0 Å². The van der Waals surface area contributed by atoms with Gasteiger partial charge in [-0.1, -0.05) is 196 Å². The van der Waals surface area contributed by atoms with E-state index in [1.165, 1.54) is 193 Å². The minimum atomic E-state index is -0.0991. The fourth-order valence-electron chi connectivity index (χ4n) is 8.54. The molecule has 0 heterocycles. The summed E-state index contributed by atoms with van der Waals surface area (Å²) in [5, 5.41) is 12.6. The molecule has 0 bridgehead atoms. The van der Waals surface area contributed by atoms with Gasteiger partial charge in [0, 0.05) is 45.8 Å². The zero-order valence-electron chi connectivity index (χ0n) is 36.9. The quantitative estimate of drug-likeness (QED) is 0.0219. The van der Waals surface area contributed by atoms with Gasteiger partial charge in [-0.3, -0.25) is 16.0 Å². The first kappa shape index (κ1) is 50.8. The molecular formula is C46H100N5+. The van der Waals surface area contributed by atoms with Gasteiger partial charge in [0.25, 0.3) is 0 Å². The van der Waals surface area contributed by atoms with Gasteiger partial charge in [0.1, 0.15) is 0 Å². The normalized spacial score (nSPS) is 14.6. The summed E-state index contributed by atoms with van der Waals surface area (Å²) in [7, 11) is 2.24. The Morgan fingerprint density at radius 2 is 0.784 bits per heavy atom. The second-order valence-electron chi connectivity index (χ2n) is 16.7. The van der Waals surface area contributed by atoms with E-state index in [0.29, 0.717) is 0 Å². The van der Waals surface area contributed by atoms with Crippen LogP contribution in [-0.4, -0.2) is 49.3 Å². The van der Waals surface area contributed by atoms with Gasteiger partial charge >= 0.3 is 0 Å². The topological polar surface area (TPSA) is 48.1 Å². The minimum absolute atomic E-state index is 0.0220. The van der Waals surface area contributed by atoms with Crippen molar-refractivity contribution < 1.29 is 4.59 Å². The van der Waals surface area contributed by atoms with Crippen LogP contribution >= 0.6 is 0 Å². The number of unbranched alkanes of at least 4 members (excludes halogenated alkanes) is 24. The Kier molecular flexibility index (Phi) is 35.4. The van der Waals surface area contributed by atoms with Crippen molar-refractivity contribution in [3.63, 3.8) is 0 Å². The molecule has 0 aliphatic rings. The zero-order chi connectivity index (χ0) is 37.8. The second-order valence-corrected chi connectivity index (χ2v) is 16.7. The van der Waals surface area contributed by atoms with Crippen LogP contribution in [-0.2, 0) is 0 Å². The van der Waals surface area contributed by atoms with Crippen molar-refractivity contribution >= 4 is 0 Å². The van der Waals surface area contributed by atoms with Gasteiger partial charge in [-0.05, 0) is 39.2 Å². The molecule has 0 spiro atoms. The number of hydrogen-bond acceptors (Lipinski definition) is 4. The first-order valence-electron chi connectivity index (χ1n) is 23.7. The molecule has 0 amide bonds. The lowest BCUT2D eigenvalue weighted by molar-refractivity contribution is -1.06. The molecule has 0 aromatic carbocycles. The van der Waals surface area contributed by atoms with Crippen LogP contribution in [0.2, 0.25) is 0 Å². The summed E-state index contributed by atoms with van der Waals surface area (Å²) in [5.41, 5.74) is 4.23. The molecule has 0 aliphatic carbocycles. The van der Waals surface area contributed by atoms with E-state index in [4.69, 9.17) is 0 Å². The highest BCUT2D eigenvalue weighted by Crippen LogP contribution is 2.40. The molecule has 0 saturated heterocycles. The monoisotopic (exact) mass is 723 g/mol. The second kappa shape index (κ2) is 35.5. The Morgan fingerprint density at radius 3 is 1.16 bits per heavy atom. The Bertz CT molecular complexity index is 679.